The van der Waals surface area contributed by atoms with Crippen LogP contribution in [0.3, 0.4) is 0 Å². The number of halogens is 1. The number of amides is 1. The van der Waals surface area contributed by atoms with Crippen molar-refractivity contribution in [3.8, 4) is 5.69 Å². The molecule has 7 nitrogen and oxygen atoms in total. The first kappa shape index (κ1) is 29.8. The monoisotopic (exact) mass is 610 g/mol. The fraction of sp³-hybridized carbons (Fsp3) is 0.118. The zero-order chi connectivity index (χ0) is 30.6. The molecule has 1 heterocycles. The van der Waals surface area contributed by atoms with Gasteiger partial charge >= 0.3 is 0 Å². The Morgan fingerprint density at radius 3 is 2.21 bits per heavy atom. The average molecular weight is 611 g/mol. The maximum atomic E-state index is 13.7. The molecule has 9 heteroatoms. The van der Waals surface area contributed by atoms with Gasteiger partial charge in [0.25, 0.3) is 15.9 Å². The van der Waals surface area contributed by atoms with Crippen molar-refractivity contribution in [2.75, 3.05) is 4.31 Å². The first-order valence-electron chi connectivity index (χ1n) is 13.7. The van der Waals surface area contributed by atoms with Crippen LogP contribution < -0.4 is 9.73 Å². The second kappa shape index (κ2) is 12.7. The molecule has 0 atom stereocenters. The molecule has 0 radical (unpaired) electrons. The fourth-order valence-corrected chi connectivity index (χ4v) is 6.61. The Morgan fingerprint density at radius 1 is 0.884 bits per heavy atom. The molecule has 43 heavy (non-hydrogen) atoms. The lowest BCUT2D eigenvalue weighted by Crippen LogP contribution is -2.31. The molecule has 0 aliphatic heterocycles. The van der Waals surface area contributed by atoms with Gasteiger partial charge in [-0.05, 0) is 86.5 Å². The summed E-state index contributed by atoms with van der Waals surface area (Å²) < 4.78 is 31.0. The van der Waals surface area contributed by atoms with Crippen LogP contribution in [0.1, 0.15) is 38.4 Å². The summed E-state index contributed by atoms with van der Waals surface area (Å²) in [5, 5.41) is 4.62. The molecule has 1 amide bonds. The Balaban J connectivity index is 1.33. The van der Waals surface area contributed by atoms with Crippen LogP contribution in [0.15, 0.2) is 119 Å². The van der Waals surface area contributed by atoms with Crippen LogP contribution in [0.4, 0.5) is 5.69 Å². The molecule has 0 aliphatic carbocycles. The van der Waals surface area contributed by atoms with Crippen LogP contribution in [0, 0.1) is 20.8 Å². The fourth-order valence-electron chi connectivity index (χ4n) is 4.92. The molecule has 0 bridgehead atoms. The van der Waals surface area contributed by atoms with E-state index in [1.165, 1.54) is 4.31 Å². The molecule has 0 saturated carbocycles. The van der Waals surface area contributed by atoms with Gasteiger partial charge in [0.1, 0.15) is 0 Å². The first-order valence-corrected chi connectivity index (χ1v) is 15.5. The third-order valence-electron chi connectivity index (χ3n) is 7.17. The van der Waals surface area contributed by atoms with Gasteiger partial charge in [-0.1, -0.05) is 66.2 Å². The minimum absolute atomic E-state index is 0.0511. The lowest BCUT2D eigenvalue weighted by Gasteiger charge is -2.26. The van der Waals surface area contributed by atoms with Gasteiger partial charge in [0.2, 0.25) is 0 Å². The third-order valence-corrected chi connectivity index (χ3v) is 9.18. The molecule has 5 aromatic rings. The number of benzene rings is 4. The summed E-state index contributed by atoms with van der Waals surface area (Å²) in [7, 11) is -3.90. The number of para-hydroxylation sites is 1. The zero-order valence-corrected chi connectivity index (χ0v) is 25.6. The highest BCUT2D eigenvalue weighted by atomic mass is 35.5. The molecule has 1 N–H and O–H groups in total. The Kier molecular flexibility index (Phi) is 8.80. The van der Waals surface area contributed by atoms with Crippen molar-refractivity contribution >= 4 is 39.4 Å². The predicted octanol–water partition coefficient (Wildman–Crippen LogP) is 7.22. The SMILES string of the molecule is Cc1ccc(Cl)cc1N(Cc1ccc(C(=O)N/N=C/c2cc(C)n(-c3ccccc3)c2C)cc1)S(=O)(=O)c1ccccc1. The highest BCUT2D eigenvalue weighted by Crippen LogP contribution is 2.31. The average Bonchev–Trinajstić information content (AvgIpc) is 3.30. The molecule has 0 unspecified atom stereocenters. The number of nitrogens with one attached hydrogen (secondary N) is 1. The van der Waals surface area contributed by atoms with Gasteiger partial charge in [-0.25, -0.2) is 13.8 Å². The normalized spacial score (nSPS) is 11.5. The minimum Gasteiger partial charge on any atom is -0.318 e. The van der Waals surface area contributed by atoms with E-state index in [-0.39, 0.29) is 17.3 Å². The number of hydrogen-bond acceptors (Lipinski definition) is 4. The number of aromatic nitrogens is 1. The van der Waals surface area contributed by atoms with E-state index in [0.29, 0.717) is 21.8 Å². The van der Waals surface area contributed by atoms with Crippen molar-refractivity contribution in [2.24, 2.45) is 5.10 Å². The lowest BCUT2D eigenvalue weighted by molar-refractivity contribution is 0.0955. The predicted molar refractivity (Wildman–Crippen MR) is 173 cm³/mol. The summed E-state index contributed by atoms with van der Waals surface area (Å²) in [6.07, 6.45) is 1.63. The number of rotatable bonds is 9. The van der Waals surface area contributed by atoms with Gasteiger partial charge in [0, 0.05) is 33.2 Å². The summed E-state index contributed by atoms with van der Waals surface area (Å²) in [6, 6.07) is 32.3. The van der Waals surface area contributed by atoms with E-state index >= 15 is 0 Å². The Labute approximate surface area is 257 Å². The highest BCUT2D eigenvalue weighted by molar-refractivity contribution is 7.92. The van der Waals surface area contributed by atoms with Gasteiger partial charge in [-0.2, -0.15) is 5.10 Å². The Bertz CT molecular complexity index is 1890. The second-order valence-corrected chi connectivity index (χ2v) is 12.4. The number of hydrazone groups is 1. The molecule has 5 rings (SSSR count). The summed E-state index contributed by atoms with van der Waals surface area (Å²) in [5.74, 6) is -0.376. The second-order valence-electron chi connectivity index (χ2n) is 10.1. The number of anilines is 1. The Hall–Kier alpha value is -4.66. The van der Waals surface area contributed by atoms with Gasteiger partial charge in [0.05, 0.1) is 23.3 Å². The van der Waals surface area contributed by atoms with Gasteiger partial charge in [0.15, 0.2) is 0 Å². The van der Waals surface area contributed by atoms with E-state index in [2.05, 4.69) is 15.1 Å². The number of carbonyl (C=O) groups excluding carboxylic acids is 1. The van der Waals surface area contributed by atoms with Crippen LogP contribution in [-0.4, -0.2) is 25.1 Å². The summed E-state index contributed by atoms with van der Waals surface area (Å²) in [4.78, 5) is 13.0. The van der Waals surface area contributed by atoms with Crippen LogP contribution in [0.5, 0.6) is 0 Å². The number of carbonyl (C=O) groups is 1. The smallest absolute Gasteiger partial charge is 0.271 e. The largest absolute Gasteiger partial charge is 0.318 e. The summed E-state index contributed by atoms with van der Waals surface area (Å²) in [6.45, 7) is 5.92. The van der Waals surface area contributed by atoms with E-state index in [0.717, 1.165) is 28.2 Å². The van der Waals surface area contributed by atoms with Crippen molar-refractivity contribution in [1.82, 2.24) is 9.99 Å². The van der Waals surface area contributed by atoms with Gasteiger partial charge in [-0.3, -0.25) is 9.10 Å². The molecule has 0 spiro atoms. The number of sulfonamides is 1. The molecule has 0 saturated heterocycles. The van der Waals surface area contributed by atoms with Crippen LogP contribution in [-0.2, 0) is 16.6 Å². The number of nitrogens with zero attached hydrogens (tertiary/aromatic N) is 3. The summed E-state index contributed by atoms with van der Waals surface area (Å²) >= 11 is 6.26. The van der Waals surface area contributed by atoms with Gasteiger partial charge in [-0.15, -0.1) is 0 Å². The standard InChI is InChI=1S/C34H31ClN4O3S/c1-24-14-19-30(35)21-33(24)38(43(41,42)32-12-8-5-9-13-32)23-27-15-17-28(18-16-27)34(40)37-36-22-29-20-25(2)39(26(29)3)31-10-6-4-7-11-31/h4-22H,23H2,1-3H3,(H,37,40)/b36-22+. The molecule has 1 aromatic heterocycles. The number of hydrogen-bond donors (Lipinski definition) is 1. The lowest BCUT2D eigenvalue weighted by atomic mass is 10.1. The van der Waals surface area contributed by atoms with Crippen LogP contribution >= 0.6 is 11.6 Å². The molecule has 0 fully saturated rings. The molecule has 218 valence electrons. The minimum atomic E-state index is -3.90. The Morgan fingerprint density at radius 2 is 1.53 bits per heavy atom. The van der Waals surface area contributed by atoms with Crippen molar-refractivity contribution in [3.63, 3.8) is 0 Å². The molecule has 0 aliphatic rings. The van der Waals surface area contributed by atoms with E-state index in [1.54, 1.807) is 79.0 Å². The quantitative estimate of drug-likeness (QED) is 0.141. The van der Waals surface area contributed by atoms with Crippen molar-refractivity contribution in [2.45, 2.75) is 32.2 Å². The summed E-state index contributed by atoms with van der Waals surface area (Å²) in [5.41, 5.74) is 8.96. The van der Waals surface area contributed by atoms with Crippen molar-refractivity contribution < 1.29 is 13.2 Å². The molecular formula is C34H31ClN4O3S. The van der Waals surface area contributed by atoms with E-state index in [4.69, 9.17) is 11.6 Å². The van der Waals surface area contributed by atoms with Crippen LogP contribution in [0.25, 0.3) is 5.69 Å². The molecule has 4 aromatic carbocycles. The third kappa shape index (κ3) is 6.56. The van der Waals surface area contributed by atoms with Crippen LogP contribution in [0.2, 0.25) is 5.02 Å². The van der Waals surface area contributed by atoms with E-state index in [1.807, 2.05) is 57.2 Å². The number of aryl methyl sites for hydroxylation is 2. The topological polar surface area (TPSA) is 83.8 Å². The zero-order valence-electron chi connectivity index (χ0n) is 24.0. The van der Waals surface area contributed by atoms with Crippen molar-refractivity contribution in [3.05, 3.63) is 148 Å². The first-order chi connectivity index (χ1) is 20.6. The van der Waals surface area contributed by atoms with E-state index < -0.39 is 10.0 Å². The molecular weight excluding hydrogens is 580 g/mol. The highest BCUT2D eigenvalue weighted by Gasteiger charge is 2.26. The van der Waals surface area contributed by atoms with Crippen molar-refractivity contribution in [1.29, 1.82) is 0 Å². The van der Waals surface area contributed by atoms with E-state index in [9.17, 15) is 13.2 Å². The van der Waals surface area contributed by atoms with Gasteiger partial charge < -0.3 is 4.57 Å². The maximum absolute atomic E-state index is 13.7. The maximum Gasteiger partial charge on any atom is 0.271 e.